The number of rotatable bonds is 4. The Kier molecular flexibility index (Phi) is 4.87. The Morgan fingerprint density at radius 3 is 2.70 bits per heavy atom. The number of alkyl halides is 3. The van der Waals surface area contributed by atoms with E-state index in [-0.39, 0.29) is 45.9 Å². The highest BCUT2D eigenvalue weighted by atomic mass is 32.2. The summed E-state index contributed by atoms with van der Waals surface area (Å²) >= 11 is -0.275. The molecule has 6 nitrogen and oxygen atoms in total. The van der Waals surface area contributed by atoms with Crippen LogP contribution in [0.25, 0.3) is 11.2 Å². The largest absolute Gasteiger partial charge is 0.446 e. The van der Waals surface area contributed by atoms with Crippen LogP contribution in [-0.4, -0.2) is 44.7 Å². The molecule has 2 aromatic heterocycles. The van der Waals surface area contributed by atoms with Crippen molar-refractivity contribution in [3.05, 3.63) is 30.4 Å². The number of sulfone groups is 1. The van der Waals surface area contributed by atoms with Gasteiger partial charge < -0.3 is 4.57 Å². The maximum atomic E-state index is 12.7. The molecule has 11 heteroatoms. The van der Waals surface area contributed by atoms with Crippen molar-refractivity contribution in [1.29, 1.82) is 0 Å². The fourth-order valence-corrected chi connectivity index (χ4v) is 4.95. The average Bonchev–Trinajstić information content (AvgIpc) is 2.89. The number of aryl methyl sites for hydroxylation is 1. The second kappa shape index (κ2) is 6.62. The zero-order valence-electron chi connectivity index (χ0n) is 14.8. The summed E-state index contributed by atoms with van der Waals surface area (Å²) in [4.78, 5) is 12.6. The highest BCUT2D eigenvalue weighted by molar-refractivity contribution is 8.00. The minimum atomic E-state index is -4.43. The van der Waals surface area contributed by atoms with Gasteiger partial charge in [0, 0.05) is 30.1 Å². The minimum absolute atomic E-state index is 0.0646. The molecule has 0 aliphatic carbocycles. The Balaban J connectivity index is 2.14. The van der Waals surface area contributed by atoms with Gasteiger partial charge in [0.05, 0.1) is 0 Å². The molecule has 1 atom stereocenters. The number of aliphatic imine (C=N–C) groups is 1. The number of thioether (sulfide) groups is 1. The third-order valence-electron chi connectivity index (χ3n) is 4.51. The van der Waals surface area contributed by atoms with Crippen molar-refractivity contribution in [1.82, 2.24) is 14.5 Å². The van der Waals surface area contributed by atoms with Crippen LogP contribution in [-0.2, 0) is 16.9 Å². The molecular formula is C16H17F3N4O2S2. The lowest BCUT2D eigenvalue weighted by atomic mass is 9.98. The predicted octanol–water partition coefficient (Wildman–Crippen LogP) is 3.48. The molecule has 0 spiro atoms. The van der Waals surface area contributed by atoms with Crippen LogP contribution in [0.4, 0.5) is 13.2 Å². The molecule has 0 saturated carbocycles. The fourth-order valence-electron chi connectivity index (χ4n) is 2.98. The van der Waals surface area contributed by atoms with Crippen molar-refractivity contribution < 1.29 is 21.6 Å². The van der Waals surface area contributed by atoms with Gasteiger partial charge in [0.1, 0.15) is 16.0 Å². The zero-order chi connectivity index (χ0) is 20.0. The number of fused-ring (bicyclic) bond motifs is 1. The SMILES string of the molecule is CCS(=O)(=O)[C@@]1(C)CC=CN=C1c1nc2cc(SC(F)(F)F)cnc2n1C. The van der Waals surface area contributed by atoms with Gasteiger partial charge >= 0.3 is 5.51 Å². The zero-order valence-corrected chi connectivity index (χ0v) is 16.4. The molecule has 0 N–H and O–H groups in total. The van der Waals surface area contributed by atoms with Crippen molar-refractivity contribution >= 4 is 38.5 Å². The van der Waals surface area contributed by atoms with E-state index in [9.17, 15) is 21.6 Å². The van der Waals surface area contributed by atoms with Crippen molar-refractivity contribution in [2.24, 2.45) is 12.0 Å². The topological polar surface area (TPSA) is 77.2 Å². The molecular weight excluding hydrogens is 401 g/mol. The van der Waals surface area contributed by atoms with E-state index in [4.69, 9.17) is 0 Å². The summed E-state index contributed by atoms with van der Waals surface area (Å²) in [7, 11) is -1.88. The Hall–Kier alpha value is -1.88. The molecule has 0 saturated heterocycles. The first-order valence-corrected chi connectivity index (χ1v) is 10.5. The second-order valence-corrected chi connectivity index (χ2v) is 10.1. The van der Waals surface area contributed by atoms with Crippen molar-refractivity contribution in [3.63, 3.8) is 0 Å². The number of aromatic nitrogens is 3. The predicted molar refractivity (Wildman–Crippen MR) is 98.6 cm³/mol. The van der Waals surface area contributed by atoms with E-state index in [1.54, 1.807) is 31.5 Å². The summed E-state index contributed by atoms with van der Waals surface area (Å²) in [6.45, 7) is 3.15. The van der Waals surface area contributed by atoms with E-state index in [1.165, 1.54) is 12.3 Å². The number of hydrogen-bond donors (Lipinski definition) is 0. The molecule has 3 rings (SSSR count). The maximum Gasteiger partial charge on any atom is 0.446 e. The molecule has 0 unspecified atom stereocenters. The molecule has 3 heterocycles. The molecule has 146 valence electrons. The number of halogens is 3. The van der Waals surface area contributed by atoms with Crippen LogP contribution in [0, 0.1) is 0 Å². The fraction of sp³-hybridized carbons (Fsp3) is 0.438. The standard InChI is InChI=1S/C16H17F3N4O2S2/c1-4-27(24,25)15(2)6-5-7-20-12(15)14-22-11-8-10(26-16(17,18)19)9-21-13(11)23(14)3/h5,7-9H,4,6H2,1-3H3/t15-/m0/s1. The van der Waals surface area contributed by atoms with Gasteiger partial charge in [-0.15, -0.1) is 0 Å². The van der Waals surface area contributed by atoms with Gasteiger partial charge in [0.15, 0.2) is 21.3 Å². The normalized spacial score (nSPS) is 20.9. The smallest absolute Gasteiger partial charge is 0.311 e. The Labute approximate surface area is 158 Å². The van der Waals surface area contributed by atoms with Crippen LogP contribution < -0.4 is 0 Å². The number of hydrogen-bond acceptors (Lipinski definition) is 6. The van der Waals surface area contributed by atoms with Gasteiger partial charge in [-0.1, -0.05) is 13.0 Å². The Morgan fingerprint density at radius 2 is 2.07 bits per heavy atom. The van der Waals surface area contributed by atoms with Crippen LogP contribution in [0.5, 0.6) is 0 Å². The van der Waals surface area contributed by atoms with Crippen LogP contribution in [0.15, 0.2) is 34.4 Å². The molecule has 0 bridgehead atoms. The molecule has 2 aromatic rings. The van der Waals surface area contributed by atoms with E-state index in [0.717, 1.165) is 6.20 Å². The van der Waals surface area contributed by atoms with Gasteiger partial charge in [0.25, 0.3) is 0 Å². The van der Waals surface area contributed by atoms with Gasteiger partial charge in [-0.05, 0) is 31.2 Å². The summed E-state index contributed by atoms with van der Waals surface area (Å²) < 4.78 is 63.5. The molecule has 1 aliphatic rings. The van der Waals surface area contributed by atoms with Gasteiger partial charge in [0.2, 0.25) is 0 Å². The van der Waals surface area contributed by atoms with Crippen molar-refractivity contribution in [2.45, 2.75) is 35.4 Å². The van der Waals surface area contributed by atoms with E-state index >= 15 is 0 Å². The second-order valence-electron chi connectivity index (χ2n) is 6.26. The van der Waals surface area contributed by atoms with Crippen LogP contribution in [0.3, 0.4) is 0 Å². The summed E-state index contributed by atoms with van der Waals surface area (Å²) in [6.07, 6.45) is 4.56. The van der Waals surface area contributed by atoms with Gasteiger partial charge in [-0.25, -0.2) is 18.4 Å². The number of nitrogens with zero attached hydrogens (tertiary/aromatic N) is 4. The summed E-state index contributed by atoms with van der Waals surface area (Å²) in [5.41, 5.74) is -3.57. The van der Waals surface area contributed by atoms with E-state index in [1.807, 2.05) is 0 Å². The molecule has 27 heavy (non-hydrogen) atoms. The van der Waals surface area contributed by atoms with E-state index in [0.29, 0.717) is 5.65 Å². The highest BCUT2D eigenvalue weighted by Gasteiger charge is 2.45. The molecule has 0 amide bonds. The minimum Gasteiger partial charge on any atom is -0.311 e. The molecule has 0 fully saturated rings. The van der Waals surface area contributed by atoms with Crippen LogP contribution in [0.2, 0.25) is 0 Å². The monoisotopic (exact) mass is 418 g/mol. The van der Waals surface area contributed by atoms with Gasteiger partial charge in [-0.2, -0.15) is 13.2 Å². The van der Waals surface area contributed by atoms with E-state index in [2.05, 4.69) is 15.0 Å². The lowest BCUT2D eigenvalue weighted by molar-refractivity contribution is -0.0328. The first-order valence-electron chi connectivity index (χ1n) is 8.02. The first-order chi connectivity index (χ1) is 12.5. The Bertz CT molecular complexity index is 1060. The van der Waals surface area contributed by atoms with Crippen molar-refractivity contribution in [3.8, 4) is 0 Å². The molecule has 1 aliphatic heterocycles. The lowest BCUT2D eigenvalue weighted by Gasteiger charge is -2.30. The third kappa shape index (κ3) is 3.49. The first kappa shape index (κ1) is 19.9. The lowest BCUT2D eigenvalue weighted by Crippen LogP contribution is -2.46. The van der Waals surface area contributed by atoms with E-state index < -0.39 is 20.1 Å². The number of pyridine rings is 1. The average molecular weight is 418 g/mol. The molecule has 0 radical (unpaired) electrons. The summed E-state index contributed by atoms with van der Waals surface area (Å²) in [6, 6.07) is 1.29. The maximum absolute atomic E-state index is 12.7. The Morgan fingerprint density at radius 1 is 1.37 bits per heavy atom. The summed E-state index contributed by atoms with van der Waals surface area (Å²) in [5.74, 6) is 0.209. The highest BCUT2D eigenvalue weighted by Crippen LogP contribution is 2.37. The number of allylic oxidation sites excluding steroid dienone is 1. The van der Waals surface area contributed by atoms with Crippen LogP contribution in [0.1, 0.15) is 26.1 Å². The summed E-state index contributed by atoms with van der Waals surface area (Å²) in [5, 5.41) is 0. The van der Waals surface area contributed by atoms with Crippen molar-refractivity contribution in [2.75, 3.05) is 5.75 Å². The third-order valence-corrected chi connectivity index (χ3v) is 7.70. The van der Waals surface area contributed by atoms with Crippen LogP contribution >= 0.6 is 11.8 Å². The molecule has 0 aromatic carbocycles. The van der Waals surface area contributed by atoms with Gasteiger partial charge in [-0.3, -0.25) is 4.99 Å². The quantitative estimate of drug-likeness (QED) is 0.711. The number of imidazole rings is 1.